The fourth-order valence-electron chi connectivity index (χ4n) is 2.93. The number of hydrogen-bond donors (Lipinski definition) is 1. The minimum Gasteiger partial charge on any atom is -0.501 e. The van der Waals surface area contributed by atoms with Crippen molar-refractivity contribution in [2.45, 2.75) is 31.5 Å². The lowest BCUT2D eigenvalue weighted by atomic mass is 9.94. The first-order valence-corrected chi connectivity index (χ1v) is 10.9. The van der Waals surface area contributed by atoms with Crippen LogP contribution < -0.4 is 4.74 Å². The van der Waals surface area contributed by atoms with E-state index in [2.05, 4.69) is 34.4 Å². The molecule has 1 aromatic carbocycles. The van der Waals surface area contributed by atoms with Crippen molar-refractivity contribution in [3.05, 3.63) is 63.5 Å². The summed E-state index contributed by atoms with van der Waals surface area (Å²) in [6.07, 6.45) is 9.28. The van der Waals surface area contributed by atoms with Crippen molar-refractivity contribution >= 4 is 28.6 Å². The SMILES string of the molecule is CCO[C@@H](Cc1ccc(OC/C=C/C#CC2(OC)C=CC=C(OC)C2)c(I)c1)C(=O)O. The van der Waals surface area contributed by atoms with E-state index >= 15 is 0 Å². The second-order valence-corrected chi connectivity index (χ2v) is 7.86. The highest BCUT2D eigenvalue weighted by Gasteiger charge is 2.28. The van der Waals surface area contributed by atoms with E-state index in [-0.39, 0.29) is 0 Å². The number of aliphatic carboxylic acids is 1. The number of rotatable bonds is 10. The summed E-state index contributed by atoms with van der Waals surface area (Å²) in [7, 11) is 3.26. The molecule has 0 bridgehead atoms. The molecule has 0 amide bonds. The van der Waals surface area contributed by atoms with Gasteiger partial charge >= 0.3 is 5.97 Å². The summed E-state index contributed by atoms with van der Waals surface area (Å²) in [5, 5.41) is 9.23. The van der Waals surface area contributed by atoms with Crippen molar-refractivity contribution in [1.29, 1.82) is 0 Å². The highest BCUT2D eigenvalue weighted by atomic mass is 127. The van der Waals surface area contributed by atoms with Crippen molar-refractivity contribution in [1.82, 2.24) is 0 Å². The summed E-state index contributed by atoms with van der Waals surface area (Å²) in [6.45, 7) is 2.50. The van der Waals surface area contributed by atoms with Crippen LogP contribution in [0.1, 0.15) is 18.9 Å². The third-order valence-electron chi connectivity index (χ3n) is 4.59. The van der Waals surface area contributed by atoms with Crippen molar-refractivity contribution < 1.29 is 28.8 Å². The van der Waals surface area contributed by atoms with Crippen LogP contribution in [0.5, 0.6) is 5.75 Å². The molecule has 166 valence electrons. The van der Waals surface area contributed by atoms with E-state index < -0.39 is 17.7 Å². The van der Waals surface area contributed by atoms with Gasteiger partial charge in [-0.25, -0.2) is 4.79 Å². The van der Waals surface area contributed by atoms with Crippen molar-refractivity contribution in [2.24, 2.45) is 0 Å². The zero-order valence-electron chi connectivity index (χ0n) is 17.9. The Bertz CT molecular complexity index is 908. The number of allylic oxidation sites excluding steroid dienone is 3. The van der Waals surface area contributed by atoms with E-state index in [4.69, 9.17) is 18.9 Å². The van der Waals surface area contributed by atoms with E-state index in [1.54, 1.807) is 27.2 Å². The fourth-order valence-corrected chi connectivity index (χ4v) is 3.67. The van der Waals surface area contributed by atoms with Crippen LogP contribution in [0, 0.1) is 15.4 Å². The molecule has 0 spiro atoms. The van der Waals surface area contributed by atoms with Gasteiger partial charge in [-0.15, -0.1) is 0 Å². The van der Waals surface area contributed by atoms with Gasteiger partial charge in [-0.3, -0.25) is 0 Å². The minimum absolute atomic E-state index is 0.310. The highest BCUT2D eigenvalue weighted by molar-refractivity contribution is 14.1. The molecule has 6 nitrogen and oxygen atoms in total. The summed E-state index contributed by atoms with van der Waals surface area (Å²) >= 11 is 2.17. The summed E-state index contributed by atoms with van der Waals surface area (Å²) in [5.41, 5.74) is 0.195. The number of halogens is 1. The number of ether oxygens (including phenoxy) is 4. The van der Waals surface area contributed by atoms with Crippen LogP contribution in [0.15, 0.2) is 54.3 Å². The largest absolute Gasteiger partial charge is 0.501 e. The molecule has 1 aliphatic rings. The second-order valence-electron chi connectivity index (χ2n) is 6.70. The molecule has 1 aliphatic carbocycles. The van der Waals surface area contributed by atoms with E-state index in [0.717, 1.165) is 20.6 Å². The molecule has 2 rings (SSSR count). The Balaban J connectivity index is 1.91. The molecule has 1 aromatic rings. The summed E-state index contributed by atoms with van der Waals surface area (Å²) in [5.74, 6) is 6.71. The van der Waals surface area contributed by atoms with Crippen LogP contribution in [0.3, 0.4) is 0 Å². The first kappa shape index (κ1) is 25.0. The number of carboxylic acids is 1. The molecule has 0 radical (unpaired) electrons. The van der Waals surface area contributed by atoms with Crippen LogP contribution in [-0.4, -0.2) is 50.2 Å². The van der Waals surface area contributed by atoms with Crippen molar-refractivity contribution in [3.63, 3.8) is 0 Å². The van der Waals surface area contributed by atoms with E-state index in [1.165, 1.54) is 0 Å². The van der Waals surface area contributed by atoms with Crippen LogP contribution in [-0.2, 0) is 25.4 Å². The van der Waals surface area contributed by atoms with Gasteiger partial charge in [0.25, 0.3) is 0 Å². The topological polar surface area (TPSA) is 74.2 Å². The van der Waals surface area contributed by atoms with Gasteiger partial charge in [0, 0.05) is 26.6 Å². The molecule has 31 heavy (non-hydrogen) atoms. The third-order valence-corrected chi connectivity index (χ3v) is 5.43. The molecular formula is C24H27IO6. The summed E-state index contributed by atoms with van der Waals surface area (Å²) in [4.78, 5) is 11.3. The molecule has 0 heterocycles. The maximum Gasteiger partial charge on any atom is 0.333 e. The van der Waals surface area contributed by atoms with Gasteiger partial charge in [0.05, 0.1) is 16.4 Å². The van der Waals surface area contributed by atoms with Gasteiger partial charge in [0.1, 0.15) is 12.4 Å². The Morgan fingerprint density at radius 2 is 2.19 bits per heavy atom. The lowest BCUT2D eigenvalue weighted by molar-refractivity contribution is -0.149. The number of carboxylic acid groups (broad SMARTS) is 1. The predicted octanol–water partition coefficient (Wildman–Crippen LogP) is 4.14. The fraction of sp³-hybridized carbons (Fsp3) is 0.375. The Hall–Kier alpha value is -2.28. The van der Waals surface area contributed by atoms with Gasteiger partial charge in [0.2, 0.25) is 0 Å². The van der Waals surface area contributed by atoms with Crippen LogP contribution in [0.4, 0.5) is 0 Å². The molecular weight excluding hydrogens is 511 g/mol. The Morgan fingerprint density at radius 1 is 1.39 bits per heavy atom. The smallest absolute Gasteiger partial charge is 0.333 e. The monoisotopic (exact) mass is 538 g/mol. The molecule has 0 fully saturated rings. The molecule has 0 aliphatic heterocycles. The third kappa shape index (κ3) is 7.73. The van der Waals surface area contributed by atoms with Crippen LogP contribution >= 0.6 is 22.6 Å². The van der Waals surface area contributed by atoms with E-state index in [1.807, 2.05) is 42.5 Å². The predicted molar refractivity (Wildman–Crippen MR) is 127 cm³/mol. The summed E-state index contributed by atoms with van der Waals surface area (Å²) in [6, 6.07) is 5.61. The molecule has 0 aromatic heterocycles. The Morgan fingerprint density at radius 3 is 2.84 bits per heavy atom. The van der Waals surface area contributed by atoms with Crippen LogP contribution in [0.25, 0.3) is 0 Å². The molecule has 0 saturated heterocycles. The second kappa shape index (κ2) is 12.5. The standard InChI is InChI=1S/C24H27IO6/c1-4-30-22(23(26)27)16-18-10-11-21(20(25)15-18)31-14-7-5-6-12-24(29-3)13-8-9-19(17-24)28-2/h5,7-11,13,15,22H,4,14,16-17H2,1-3H3,(H,26,27)/b7-5+/t22-,24?/m0/s1. The molecule has 1 N–H and O–H groups in total. The number of hydrogen-bond acceptors (Lipinski definition) is 5. The lowest BCUT2D eigenvalue weighted by Crippen LogP contribution is -2.29. The van der Waals surface area contributed by atoms with Gasteiger partial charge in [-0.1, -0.05) is 24.0 Å². The number of benzene rings is 1. The molecule has 1 unspecified atom stereocenters. The quantitative estimate of drug-likeness (QED) is 0.357. The zero-order chi connectivity index (χ0) is 22.7. The molecule has 7 heteroatoms. The van der Waals surface area contributed by atoms with Crippen molar-refractivity contribution in [2.75, 3.05) is 27.4 Å². The number of carbonyl (C=O) groups is 1. The van der Waals surface area contributed by atoms with E-state index in [0.29, 0.717) is 26.1 Å². The van der Waals surface area contributed by atoms with Crippen molar-refractivity contribution in [3.8, 4) is 17.6 Å². The van der Waals surface area contributed by atoms with Gasteiger partial charge in [-0.05, 0) is 71.5 Å². The minimum atomic E-state index is -0.961. The first-order chi connectivity index (χ1) is 14.9. The summed E-state index contributed by atoms with van der Waals surface area (Å²) < 4.78 is 22.8. The Kier molecular flexibility index (Phi) is 10.1. The average molecular weight is 538 g/mol. The van der Waals surface area contributed by atoms with E-state index in [9.17, 15) is 9.90 Å². The highest BCUT2D eigenvalue weighted by Crippen LogP contribution is 2.26. The zero-order valence-corrected chi connectivity index (χ0v) is 20.0. The number of methoxy groups -OCH3 is 2. The molecule has 0 saturated carbocycles. The van der Waals surface area contributed by atoms with Gasteiger partial charge < -0.3 is 24.1 Å². The first-order valence-electron chi connectivity index (χ1n) is 9.84. The average Bonchev–Trinajstić information content (AvgIpc) is 2.77. The normalized spacial score (nSPS) is 18.8. The van der Waals surface area contributed by atoms with Gasteiger partial charge in [-0.2, -0.15) is 0 Å². The maximum absolute atomic E-state index is 11.3. The van der Waals surface area contributed by atoms with Crippen LogP contribution in [0.2, 0.25) is 0 Å². The maximum atomic E-state index is 11.3. The molecule has 2 atom stereocenters. The lowest BCUT2D eigenvalue weighted by Gasteiger charge is -2.26. The Labute approximate surface area is 197 Å². The van der Waals surface area contributed by atoms with Gasteiger partial charge in [0.15, 0.2) is 11.7 Å².